The lowest BCUT2D eigenvalue weighted by molar-refractivity contribution is -0.122. The first-order valence-corrected chi connectivity index (χ1v) is 14.0. The SMILES string of the molecule is CC.COc1ccc(OC)c(CN2CCN(CC(=O)N/N=C/c3cc(C(C)(C)C)cc(C(C)(C)C)c3)CC2)c1. The molecule has 0 saturated carbocycles. The third-order valence-corrected chi connectivity index (χ3v) is 6.80. The summed E-state index contributed by atoms with van der Waals surface area (Å²) >= 11 is 0. The van der Waals surface area contributed by atoms with Crippen molar-refractivity contribution in [1.29, 1.82) is 0 Å². The number of nitrogens with zero attached hydrogens (tertiary/aromatic N) is 3. The highest BCUT2D eigenvalue weighted by Gasteiger charge is 2.21. The molecule has 1 amide bonds. The highest BCUT2D eigenvalue weighted by molar-refractivity contribution is 5.83. The van der Waals surface area contributed by atoms with Crippen LogP contribution in [0.25, 0.3) is 0 Å². The van der Waals surface area contributed by atoms with Crippen LogP contribution in [-0.4, -0.2) is 68.9 Å². The molecular formula is C32H50N4O3. The fraction of sp³-hybridized carbons (Fsp3) is 0.562. The normalized spacial score (nSPS) is 15.0. The molecule has 39 heavy (non-hydrogen) atoms. The van der Waals surface area contributed by atoms with Gasteiger partial charge in [0.1, 0.15) is 11.5 Å². The minimum atomic E-state index is -0.0952. The van der Waals surface area contributed by atoms with Crippen LogP contribution in [0.15, 0.2) is 41.5 Å². The van der Waals surface area contributed by atoms with Crippen LogP contribution in [0, 0.1) is 0 Å². The Labute approximate surface area is 236 Å². The van der Waals surface area contributed by atoms with Gasteiger partial charge in [0.2, 0.25) is 0 Å². The number of hydrogen-bond acceptors (Lipinski definition) is 6. The molecule has 1 N–H and O–H groups in total. The van der Waals surface area contributed by atoms with E-state index in [0.717, 1.165) is 55.3 Å². The predicted octanol–water partition coefficient (Wildman–Crippen LogP) is 5.59. The largest absolute Gasteiger partial charge is 0.497 e. The van der Waals surface area contributed by atoms with Gasteiger partial charge in [-0.2, -0.15) is 5.10 Å². The standard InChI is InChI=1S/C30H44N4O3.C2H6/c1-29(2,3)24-15-22(16-25(18-24)30(4,5)6)19-31-32-28(35)21-34-13-11-33(12-14-34)20-23-17-26(36-7)9-10-27(23)37-8;1-2/h9-10,15-19H,11-14,20-21H2,1-8H3,(H,32,35);1-2H3/b31-19+;. The number of benzene rings is 2. The first-order valence-electron chi connectivity index (χ1n) is 14.0. The van der Waals surface area contributed by atoms with E-state index in [1.54, 1.807) is 20.4 Å². The molecule has 1 heterocycles. The lowest BCUT2D eigenvalue weighted by atomic mass is 9.80. The lowest BCUT2D eigenvalue weighted by Gasteiger charge is -2.34. The molecule has 1 aliphatic rings. The van der Waals surface area contributed by atoms with E-state index in [1.165, 1.54) is 11.1 Å². The predicted molar refractivity (Wildman–Crippen MR) is 162 cm³/mol. The van der Waals surface area contributed by atoms with Crippen molar-refractivity contribution in [3.05, 3.63) is 58.7 Å². The summed E-state index contributed by atoms with van der Waals surface area (Å²) < 4.78 is 10.9. The van der Waals surface area contributed by atoms with Crippen molar-refractivity contribution < 1.29 is 14.3 Å². The maximum absolute atomic E-state index is 12.6. The third kappa shape index (κ3) is 9.97. The molecule has 0 aromatic heterocycles. The maximum atomic E-state index is 12.6. The summed E-state index contributed by atoms with van der Waals surface area (Å²) in [6, 6.07) is 12.5. The average Bonchev–Trinajstić information content (AvgIpc) is 2.89. The van der Waals surface area contributed by atoms with E-state index in [4.69, 9.17) is 9.47 Å². The number of methoxy groups -OCH3 is 2. The molecule has 0 radical (unpaired) electrons. The average molecular weight is 539 g/mol. The molecule has 2 aromatic rings. The Hall–Kier alpha value is -2.90. The number of carbonyl (C=O) groups is 1. The van der Waals surface area contributed by atoms with Gasteiger partial charge in [0.25, 0.3) is 5.91 Å². The van der Waals surface area contributed by atoms with Gasteiger partial charge in [-0.1, -0.05) is 61.5 Å². The van der Waals surface area contributed by atoms with Crippen molar-refractivity contribution in [3.63, 3.8) is 0 Å². The van der Waals surface area contributed by atoms with E-state index >= 15 is 0 Å². The number of rotatable bonds is 8. The zero-order chi connectivity index (χ0) is 29.2. The Morgan fingerprint density at radius 3 is 1.95 bits per heavy atom. The molecule has 0 aliphatic carbocycles. The second-order valence-electron chi connectivity index (χ2n) is 11.9. The fourth-order valence-corrected chi connectivity index (χ4v) is 4.36. The van der Waals surface area contributed by atoms with Gasteiger partial charge < -0.3 is 9.47 Å². The topological polar surface area (TPSA) is 66.4 Å². The molecule has 1 fully saturated rings. The lowest BCUT2D eigenvalue weighted by Crippen LogP contribution is -2.48. The van der Waals surface area contributed by atoms with Crippen LogP contribution in [-0.2, 0) is 22.2 Å². The number of carbonyl (C=O) groups excluding carboxylic acids is 1. The van der Waals surface area contributed by atoms with Crippen LogP contribution < -0.4 is 14.9 Å². The summed E-state index contributed by atoms with van der Waals surface area (Å²) in [4.78, 5) is 17.1. The summed E-state index contributed by atoms with van der Waals surface area (Å²) in [5.41, 5.74) is 7.41. The van der Waals surface area contributed by atoms with Gasteiger partial charge in [0, 0.05) is 38.3 Å². The van der Waals surface area contributed by atoms with Crippen molar-refractivity contribution >= 4 is 12.1 Å². The number of hydrogen-bond donors (Lipinski definition) is 1. The number of piperazine rings is 1. The molecule has 1 saturated heterocycles. The van der Waals surface area contributed by atoms with E-state index in [-0.39, 0.29) is 16.7 Å². The molecule has 0 unspecified atom stereocenters. The van der Waals surface area contributed by atoms with Gasteiger partial charge in [0.15, 0.2) is 0 Å². The van der Waals surface area contributed by atoms with E-state index in [0.29, 0.717) is 6.54 Å². The van der Waals surface area contributed by atoms with E-state index < -0.39 is 0 Å². The van der Waals surface area contributed by atoms with Gasteiger partial charge >= 0.3 is 0 Å². The van der Waals surface area contributed by atoms with Crippen molar-refractivity contribution in [3.8, 4) is 11.5 Å². The summed E-state index contributed by atoms with van der Waals surface area (Å²) in [6.45, 7) is 21.8. The molecule has 7 heteroatoms. The van der Waals surface area contributed by atoms with E-state index in [2.05, 4.69) is 80.1 Å². The molecule has 3 rings (SSSR count). The number of nitrogens with one attached hydrogen (secondary N) is 1. The van der Waals surface area contributed by atoms with Gasteiger partial charge in [-0.25, -0.2) is 5.43 Å². The molecular weight excluding hydrogens is 488 g/mol. The second kappa shape index (κ2) is 14.5. The summed E-state index contributed by atoms with van der Waals surface area (Å²) in [7, 11) is 3.36. The van der Waals surface area contributed by atoms with Crippen LogP contribution in [0.5, 0.6) is 11.5 Å². The Kier molecular flexibility index (Phi) is 12.0. The number of amides is 1. The van der Waals surface area contributed by atoms with Gasteiger partial charge in [-0.3, -0.25) is 14.6 Å². The van der Waals surface area contributed by atoms with Gasteiger partial charge in [-0.05, 0) is 57.9 Å². The Balaban J connectivity index is 0.00000260. The first kappa shape index (κ1) is 32.3. The third-order valence-electron chi connectivity index (χ3n) is 6.80. The van der Waals surface area contributed by atoms with Crippen LogP contribution in [0.2, 0.25) is 0 Å². The fourth-order valence-electron chi connectivity index (χ4n) is 4.36. The summed E-state index contributed by atoms with van der Waals surface area (Å²) in [6.07, 6.45) is 1.75. The molecule has 0 bridgehead atoms. The van der Waals surface area contributed by atoms with Crippen LogP contribution in [0.1, 0.15) is 77.6 Å². The summed E-state index contributed by atoms with van der Waals surface area (Å²) in [5, 5.41) is 4.27. The summed E-state index contributed by atoms with van der Waals surface area (Å²) in [5.74, 6) is 1.59. The van der Waals surface area contributed by atoms with Crippen molar-refractivity contribution in [2.45, 2.75) is 72.8 Å². The molecule has 7 nitrogen and oxygen atoms in total. The quantitative estimate of drug-likeness (QED) is 0.350. The monoisotopic (exact) mass is 538 g/mol. The van der Waals surface area contributed by atoms with Crippen molar-refractivity contribution in [1.82, 2.24) is 15.2 Å². The Morgan fingerprint density at radius 1 is 0.872 bits per heavy atom. The Morgan fingerprint density at radius 2 is 1.44 bits per heavy atom. The molecule has 2 aromatic carbocycles. The van der Waals surface area contributed by atoms with E-state index in [1.807, 2.05) is 32.0 Å². The Bertz CT molecular complexity index is 1060. The molecule has 1 aliphatic heterocycles. The highest BCUT2D eigenvalue weighted by Crippen LogP contribution is 2.30. The van der Waals surface area contributed by atoms with Crippen LogP contribution >= 0.6 is 0 Å². The van der Waals surface area contributed by atoms with Crippen LogP contribution in [0.3, 0.4) is 0 Å². The van der Waals surface area contributed by atoms with Crippen LogP contribution in [0.4, 0.5) is 0 Å². The first-order chi connectivity index (χ1) is 18.4. The minimum Gasteiger partial charge on any atom is -0.497 e. The zero-order valence-corrected chi connectivity index (χ0v) is 25.9. The van der Waals surface area contributed by atoms with Gasteiger partial charge in [-0.15, -0.1) is 0 Å². The highest BCUT2D eigenvalue weighted by atomic mass is 16.5. The minimum absolute atomic E-state index is 0.0347. The molecule has 0 spiro atoms. The van der Waals surface area contributed by atoms with Crippen molar-refractivity contribution in [2.24, 2.45) is 5.10 Å². The molecule has 216 valence electrons. The maximum Gasteiger partial charge on any atom is 0.254 e. The second-order valence-corrected chi connectivity index (χ2v) is 11.9. The molecule has 0 atom stereocenters. The van der Waals surface area contributed by atoms with Gasteiger partial charge in [0.05, 0.1) is 27.0 Å². The zero-order valence-electron chi connectivity index (χ0n) is 25.9. The van der Waals surface area contributed by atoms with Crippen molar-refractivity contribution in [2.75, 3.05) is 46.9 Å². The smallest absolute Gasteiger partial charge is 0.254 e. The number of hydrazone groups is 1. The van der Waals surface area contributed by atoms with E-state index in [9.17, 15) is 4.79 Å². The number of ether oxygens (including phenoxy) is 2.